The average Bonchev–Trinajstić information content (AvgIpc) is 2.38. The van der Waals surface area contributed by atoms with Crippen molar-refractivity contribution in [2.45, 2.75) is 49.8 Å². The van der Waals surface area contributed by atoms with Crippen LogP contribution in [-0.4, -0.2) is 81.0 Å². The van der Waals surface area contributed by atoms with Crippen molar-refractivity contribution in [2.24, 2.45) is 5.73 Å². The van der Waals surface area contributed by atoms with E-state index in [0.717, 1.165) is 0 Å². The van der Waals surface area contributed by atoms with Crippen LogP contribution in [0.5, 0.6) is 0 Å². The largest absolute Gasteiger partial charge is 0.480 e. The highest BCUT2D eigenvalue weighted by atomic mass is 16.7. The SMILES string of the molecule is CC(O[C@@H]1OC(CO)[C@@H](O)C(O)C1O)[C@H](N)C(=O)O. The number of ether oxygens (including phenoxy) is 2. The second kappa shape index (κ2) is 6.57. The predicted octanol–water partition coefficient (Wildman–Crippen LogP) is -3.40. The molecule has 1 aliphatic rings. The van der Waals surface area contributed by atoms with Gasteiger partial charge in [-0.3, -0.25) is 4.79 Å². The molecule has 0 bridgehead atoms. The van der Waals surface area contributed by atoms with E-state index in [0.29, 0.717) is 0 Å². The lowest BCUT2D eigenvalue weighted by Gasteiger charge is -2.40. The molecule has 112 valence electrons. The molecule has 0 saturated carbocycles. The molecule has 1 aliphatic heterocycles. The summed E-state index contributed by atoms with van der Waals surface area (Å²) in [6, 6.07) is -1.34. The van der Waals surface area contributed by atoms with Gasteiger partial charge in [0.2, 0.25) is 0 Å². The van der Waals surface area contributed by atoms with Crippen molar-refractivity contribution in [3.63, 3.8) is 0 Å². The molecule has 1 fully saturated rings. The van der Waals surface area contributed by atoms with Gasteiger partial charge in [0.25, 0.3) is 0 Å². The van der Waals surface area contributed by atoms with E-state index in [2.05, 4.69) is 0 Å². The Labute approximate surface area is 109 Å². The van der Waals surface area contributed by atoms with E-state index in [4.69, 9.17) is 25.4 Å². The molecule has 0 aromatic heterocycles. The van der Waals surface area contributed by atoms with E-state index in [-0.39, 0.29) is 0 Å². The van der Waals surface area contributed by atoms with E-state index >= 15 is 0 Å². The lowest BCUT2D eigenvalue weighted by Crippen LogP contribution is -2.60. The normalized spacial score (nSPS) is 38.7. The second-order valence-corrected chi connectivity index (χ2v) is 4.40. The number of aliphatic carboxylic acids is 1. The summed E-state index contributed by atoms with van der Waals surface area (Å²) in [5.41, 5.74) is 5.33. The zero-order chi connectivity index (χ0) is 14.7. The molecule has 4 unspecified atom stereocenters. The minimum Gasteiger partial charge on any atom is -0.480 e. The van der Waals surface area contributed by atoms with E-state index < -0.39 is 55.4 Å². The molecule has 7 N–H and O–H groups in total. The van der Waals surface area contributed by atoms with Crippen molar-refractivity contribution in [1.82, 2.24) is 0 Å². The van der Waals surface area contributed by atoms with Crippen LogP contribution in [0.1, 0.15) is 6.92 Å². The Kier molecular flexibility index (Phi) is 5.62. The van der Waals surface area contributed by atoms with E-state index in [1.54, 1.807) is 0 Å². The molecule has 0 aromatic rings. The Morgan fingerprint density at radius 3 is 2.37 bits per heavy atom. The van der Waals surface area contributed by atoms with E-state index in [9.17, 15) is 20.1 Å². The number of hydrogen-bond donors (Lipinski definition) is 6. The Bertz CT molecular complexity index is 312. The van der Waals surface area contributed by atoms with Crippen LogP contribution in [0.3, 0.4) is 0 Å². The van der Waals surface area contributed by atoms with Crippen LogP contribution in [-0.2, 0) is 14.3 Å². The molecule has 1 rings (SSSR count). The highest BCUT2D eigenvalue weighted by Gasteiger charge is 2.45. The summed E-state index contributed by atoms with van der Waals surface area (Å²) < 4.78 is 10.2. The predicted molar refractivity (Wildman–Crippen MR) is 59.9 cm³/mol. The van der Waals surface area contributed by atoms with Gasteiger partial charge in [0.1, 0.15) is 30.5 Å². The summed E-state index contributed by atoms with van der Waals surface area (Å²) >= 11 is 0. The average molecular weight is 281 g/mol. The number of hydrogen-bond acceptors (Lipinski definition) is 8. The number of aliphatic hydroxyl groups excluding tert-OH is 4. The maximum Gasteiger partial charge on any atom is 0.323 e. The fourth-order valence-corrected chi connectivity index (χ4v) is 1.68. The van der Waals surface area contributed by atoms with Crippen LogP contribution in [0.2, 0.25) is 0 Å². The van der Waals surface area contributed by atoms with Gasteiger partial charge in [0.05, 0.1) is 12.7 Å². The molecule has 0 aliphatic carbocycles. The molecule has 0 aromatic carbocycles. The third-order valence-corrected chi connectivity index (χ3v) is 2.99. The number of carboxylic acid groups (broad SMARTS) is 1. The van der Waals surface area contributed by atoms with Gasteiger partial charge in [-0.1, -0.05) is 0 Å². The summed E-state index contributed by atoms with van der Waals surface area (Å²) in [4.78, 5) is 10.7. The van der Waals surface area contributed by atoms with Crippen molar-refractivity contribution in [3.8, 4) is 0 Å². The number of aliphatic hydroxyl groups is 4. The fraction of sp³-hybridized carbons (Fsp3) is 0.900. The standard InChI is InChI=1S/C10H19NO8/c1-3(5(11)9(16)17)18-10-8(15)7(14)6(13)4(2-12)19-10/h3-8,10,12-15H,2,11H2,1H3,(H,16,17)/t3?,4?,5-,6+,7?,8?,10+/m0/s1. The van der Waals surface area contributed by atoms with Crippen molar-refractivity contribution in [2.75, 3.05) is 6.61 Å². The minimum absolute atomic E-state index is 0.593. The molecule has 9 heteroatoms. The second-order valence-electron chi connectivity index (χ2n) is 4.40. The van der Waals surface area contributed by atoms with Crippen molar-refractivity contribution in [1.29, 1.82) is 0 Å². The van der Waals surface area contributed by atoms with Gasteiger partial charge in [0.15, 0.2) is 6.29 Å². The topological polar surface area (TPSA) is 163 Å². The molecular weight excluding hydrogens is 262 g/mol. The first-order valence-electron chi connectivity index (χ1n) is 5.74. The Balaban J connectivity index is 2.69. The quantitative estimate of drug-likeness (QED) is 0.301. The molecule has 19 heavy (non-hydrogen) atoms. The maximum atomic E-state index is 10.7. The Morgan fingerprint density at radius 2 is 1.89 bits per heavy atom. The highest BCUT2D eigenvalue weighted by Crippen LogP contribution is 2.23. The van der Waals surface area contributed by atoms with Crippen molar-refractivity contribution in [3.05, 3.63) is 0 Å². The number of nitrogens with two attached hydrogens (primary N) is 1. The van der Waals surface area contributed by atoms with Gasteiger partial charge in [-0.15, -0.1) is 0 Å². The zero-order valence-corrected chi connectivity index (χ0v) is 10.3. The lowest BCUT2D eigenvalue weighted by atomic mass is 9.99. The molecule has 0 spiro atoms. The summed E-state index contributed by atoms with van der Waals surface area (Å²) in [6.07, 6.45) is -8.17. The van der Waals surface area contributed by atoms with Gasteiger partial charge in [-0.05, 0) is 6.92 Å². The van der Waals surface area contributed by atoms with Crippen LogP contribution in [0.25, 0.3) is 0 Å². The van der Waals surface area contributed by atoms with Crippen molar-refractivity contribution >= 4 is 5.97 Å². The van der Waals surface area contributed by atoms with Crippen LogP contribution in [0.15, 0.2) is 0 Å². The van der Waals surface area contributed by atoms with Crippen LogP contribution < -0.4 is 5.73 Å². The van der Waals surface area contributed by atoms with Gasteiger partial charge >= 0.3 is 5.97 Å². The maximum absolute atomic E-state index is 10.7. The molecule has 0 radical (unpaired) electrons. The summed E-state index contributed by atoms with van der Waals surface area (Å²) in [5, 5.41) is 46.4. The first-order valence-corrected chi connectivity index (χ1v) is 5.74. The molecule has 9 nitrogen and oxygen atoms in total. The van der Waals surface area contributed by atoms with Crippen molar-refractivity contribution < 1.29 is 39.8 Å². The summed E-state index contributed by atoms with van der Waals surface area (Å²) in [7, 11) is 0. The summed E-state index contributed by atoms with van der Waals surface area (Å²) in [6.45, 7) is 0.768. The molecule has 0 amide bonds. The van der Waals surface area contributed by atoms with Gasteiger partial charge in [-0.2, -0.15) is 0 Å². The van der Waals surface area contributed by atoms with Crippen LogP contribution in [0.4, 0.5) is 0 Å². The number of carboxylic acids is 1. The number of carbonyl (C=O) groups is 1. The molecule has 1 heterocycles. The monoisotopic (exact) mass is 281 g/mol. The lowest BCUT2D eigenvalue weighted by molar-refractivity contribution is -0.310. The van der Waals surface area contributed by atoms with Gasteiger partial charge in [-0.25, -0.2) is 0 Å². The Hall–Kier alpha value is -0.810. The van der Waals surface area contributed by atoms with Crippen LogP contribution in [0, 0.1) is 0 Å². The van der Waals surface area contributed by atoms with Crippen LogP contribution >= 0.6 is 0 Å². The minimum atomic E-state index is -1.58. The molecular formula is C10H19NO8. The highest BCUT2D eigenvalue weighted by molar-refractivity contribution is 5.73. The third-order valence-electron chi connectivity index (χ3n) is 2.99. The third kappa shape index (κ3) is 3.60. The molecule has 1 saturated heterocycles. The molecule has 7 atom stereocenters. The van der Waals surface area contributed by atoms with E-state index in [1.165, 1.54) is 6.92 Å². The number of rotatable bonds is 5. The fourth-order valence-electron chi connectivity index (χ4n) is 1.68. The van der Waals surface area contributed by atoms with Gasteiger partial charge < -0.3 is 40.7 Å². The Morgan fingerprint density at radius 1 is 1.32 bits per heavy atom. The first-order chi connectivity index (χ1) is 8.79. The zero-order valence-electron chi connectivity index (χ0n) is 10.3. The van der Waals surface area contributed by atoms with Gasteiger partial charge in [0, 0.05) is 0 Å². The van der Waals surface area contributed by atoms with E-state index in [1.807, 2.05) is 0 Å². The summed E-state index contributed by atoms with van der Waals surface area (Å²) in [5.74, 6) is -1.29. The first kappa shape index (κ1) is 16.2. The smallest absolute Gasteiger partial charge is 0.323 e.